The first-order valence-corrected chi connectivity index (χ1v) is 7.32. The van der Waals surface area contributed by atoms with Gasteiger partial charge in [0.1, 0.15) is 0 Å². The van der Waals surface area contributed by atoms with Crippen LogP contribution in [0.2, 0.25) is 0 Å². The van der Waals surface area contributed by atoms with E-state index in [0.29, 0.717) is 6.04 Å². The molecule has 96 valence electrons. The molecule has 0 radical (unpaired) electrons. The Bertz CT molecular complexity index is 315. The Balaban J connectivity index is 2.35. The lowest BCUT2D eigenvalue weighted by Gasteiger charge is -2.16. The molecule has 0 saturated carbocycles. The number of hydrogen-bond acceptors (Lipinski definition) is 2. The van der Waals surface area contributed by atoms with Crippen molar-refractivity contribution >= 4 is 15.9 Å². The van der Waals surface area contributed by atoms with Gasteiger partial charge in [-0.2, -0.15) is 0 Å². The number of aromatic nitrogens is 1. The molecule has 0 aliphatic carbocycles. The fourth-order valence-corrected chi connectivity index (χ4v) is 2.43. The molecule has 1 unspecified atom stereocenters. The van der Waals surface area contributed by atoms with E-state index in [1.54, 1.807) is 0 Å². The summed E-state index contributed by atoms with van der Waals surface area (Å²) in [6.07, 6.45) is 11.4. The lowest BCUT2D eigenvalue weighted by molar-refractivity contribution is 0.484. The van der Waals surface area contributed by atoms with Crippen molar-refractivity contribution in [3.63, 3.8) is 0 Å². The fraction of sp³-hybridized carbons (Fsp3) is 0.643. The molecule has 0 spiro atoms. The smallest absolute Gasteiger partial charge is 0.0410 e. The van der Waals surface area contributed by atoms with E-state index in [1.165, 1.54) is 37.7 Å². The second-order valence-electron chi connectivity index (χ2n) is 4.55. The van der Waals surface area contributed by atoms with Gasteiger partial charge in [0.15, 0.2) is 0 Å². The van der Waals surface area contributed by atoms with Gasteiger partial charge in [-0.1, -0.05) is 32.6 Å². The van der Waals surface area contributed by atoms with Gasteiger partial charge in [0.05, 0.1) is 0 Å². The minimum Gasteiger partial charge on any atom is -0.317 e. The molecule has 0 aliphatic heterocycles. The third kappa shape index (κ3) is 6.18. The number of nitrogens with zero attached hydrogens (tertiary/aromatic N) is 1. The van der Waals surface area contributed by atoms with E-state index in [4.69, 9.17) is 0 Å². The van der Waals surface area contributed by atoms with Crippen molar-refractivity contribution in [1.29, 1.82) is 0 Å². The Morgan fingerprint density at radius 1 is 1.29 bits per heavy atom. The summed E-state index contributed by atoms with van der Waals surface area (Å²) in [6, 6.07) is 2.73. The summed E-state index contributed by atoms with van der Waals surface area (Å²) < 4.78 is 1.07. The molecule has 0 amide bonds. The van der Waals surface area contributed by atoms with Crippen LogP contribution in [0.3, 0.4) is 0 Å². The van der Waals surface area contributed by atoms with Crippen LogP contribution < -0.4 is 5.32 Å². The zero-order valence-corrected chi connectivity index (χ0v) is 12.5. The van der Waals surface area contributed by atoms with Gasteiger partial charge in [-0.25, -0.2) is 0 Å². The summed E-state index contributed by atoms with van der Waals surface area (Å²) in [5.74, 6) is 0. The van der Waals surface area contributed by atoms with Gasteiger partial charge in [-0.3, -0.25) is 4.98 Å². The third-order valence-electron chi connectivity index (χ3n) is 3.06. The van der Waals surface area contributed by atoms with Crippen molar-refractivity contribution in [2.75, 3.05) is 7.05 Å². The van der Waals surface area contributed by atoms with Gasteiger partial charge in [0.2, 0.25) is 0 Å². The quantitative estimate of drug-likeness (QED) is 0.735. The Hall–Kier alpha value is -0.410. The van der Waals surface area contributed by atoms with E-state index in [9.17, 15) is 0 Å². The second kappa shape index (κ2) is 8.65. The normalized spacial score (nSPS) is 12.6. The number of rotatable bonds is 8. The molecule has 0 saturated heterocycles. The number of likely N-dealkylation sites (N-methyl/N-ethyl adjacent to an activating group) is 1. The third-order valence-corrected chi connectivity index (χ3v) is 3.49. The number of pyridine rings is 1. The molecule has 0 aliphatic rings. The summed E-state index contributed by atoms with van der Waals surface area (Å²) in [4.78, 5) is 4.21. The topological polar surface area (TPSA) is 24.9 Å². The average molecular weight is 299 g/mol. The maximum Gasteiger partial charge on any atom is 0.0410 e. The summed E-state index contributed by atoms with van der Waals surface area (Å²) in [7, 11) is 2.05. The summed E-state index contributed by atoms with van der Waals surface area (Å²) in [5, 5.41) is 3.40. The highest BCUT2D eigenvalue weighted by molar-refractivity contribution is 9.10. The maximum atomic E-state index is 4.21. The first-order chi connectivity index (χ1) is 8.26. The van der Waals surface area contributed by atoms with Crippen molar-refractivity contribution in [3.05, 3.63) is 28.5 Å². The van der Waals surface area contributed by atoms with E-state index < -0.39 is 0 Å². The zero-order chi connectivity index (χ0) is 12.5. The molecule has 1 N–H and O–H groups in total. The molecule has 3 heteroatoms. The maximum absolute atomic E-state index is 4.21. The molecule has 2 nitrogen and oxygen atoms in total. The average Bonchev–Trinajstić information content (AvgIpc) is 2.33. The van der Waals surface area contributed by atoms with Gasteiger partial charge in [0.25, 0.3) is 0 Å². The van der Waals surface area contributed by atoms with Crippen molar-refractivity contribution in [3.8, 4) is 0 Å². The van der Waals surface area contributed by atoms with E-state index in [1.807, 2.05) is 12.4 Å². The van der Waals surface area contributed by atoms with Crippen LogP contribution in [0.25, 0.3) is 0 Å². The highest BCUT2D eigenvalue weighted by atomic mass is 79.9. The molecular formula is C14H23BrN2. The fourth-order valence-electron chi connectivity index (χ4n) is 2.02. The van der Waals surface area contributed by atoms with Crippen LogP contribution in [0.5, 0.6) is 0 Å². The number of nitrogens with one attached hydrogen (secondary N) is 1. The molecule has 1 aromatic heterocycles. The van der Waals surface area contributed by atoms with E-state index >= 15 is 0 Å². The summed E-state index contributed by atoms with van der Waals surface area (Å²) in [5.41, 5.74) is 1.30. The molecular weight excluding hydrogens is 276 g/mol. The highest BCUT2D eigenvalue weighted by Gasteiger charge is 2.07. The lowest BCUT2D eigenvalue weighted by atomic mass is 10.0. The minimum absolute atomic E-state index is 0.572. The largest absolute Gasteiger partial charge is 0.317 e. The van der Waals surface area contributed by atoms with Crippen LogP contribution in [0.1, 0.15) is 44.6 Å². The van der Waals surface area contributed by atoms with Crippen LogP contribution in [-0.2, 0) is 6.42 Å². The molecule has 17 heavy (non-hydrogen) atoms. The first-order valence-electron chi connectivity index (χ1n) is 6.53. The molecule has 1 heterocycles. The zero-order valence-electron chi connectivity index (χ0n) is 10.9. The predicted molar refractivity (Wildman–Crippen MR) is 77.2 cm³/mol. The Morgan fingerprint density at radius 3 is 2.76 bits per heavy atom. The Labute approximate surface area is 113 Å². The van der Waals surface area contributed by atoms with Crippen LogP contribution in [0.15, 0.2) is 22.9 Å². The van der Waals surface area contributed by atoms with Gasteiger partial charge in [0, 0.05) is 22.9 Å². The molecule has 1 atom stereocenters. The van der Waals surface area contributed by atoms with E-state index in [-0.39, 0.29) is 0 Å². The van der Waals surface area contributed by atoms with Crippen LogP contribution in [0.4, 0.5) is 0 Å². The lowest BCUT2D eigenvalue weighted by Crippen LogP contribution is -2.27. The molecule has 1 aromatic rings. The first kappa shape index (κ1) is 14.7. The number of unbranched alkanes of at least 4 members (excludes halogenated alkanes) is 3. The predicted octanol–water partition coefficient (Wildman–Crippen LogP) is 3.95. The SMILES string of the molecule is CCCCCCC(Cc1cncc(Br)c1)NC. The minimum atomic E-state index is 0.572. The van der Waals surface area contributed by atoms with Gasteiger partial charge in [-0.15, -0.1) is 0 Å². The molecule has 0 aromatic carbocycles. The standard InChI is InChI=1S/C14H23BrN2/c1-3-4-5-6-7-14(16-2)9-12-8-13(15)11-17-10-12/h8,10-11,14,16H,3-7,9H2,1-2H3. The number of halogens is 1. The van der Waals surface area contributed by atoms with Crippen molar-refractivity contribution < 1.29 is 0 Å². The van der Waals surface area contributed by atoms with E-state index in [2.05, 4.69) is 46.3 Å². The Morgan fingerprint density at radius 2 is 2.12 bits per heavy atom. The van der Waals surface area contributed by atoms with Gasteiger partial charge < -0.3 is 5.32 Å². The molecule has 0 fully saturated rings. The van der Waals surface area contributed by atoms with Crippen molar-refractivity contribution in [2.45, 2.75) is 51.5 Å². The van der Waals surface area contributed by atoms with Crippen LogP contribution >= 0.6 is 15.9 Å². The molecule has 1 rings (SSSR count). The van der Waals surface area contributed by atoms with Crippen molar-refractivity contribution in [1.82, 2.24) is 10.3 Å². The summed E-state index contributed by atoms with van der Waals surface area (Å²) >= 11 is 3.46. The Kier molecular flexibility index (Phi) is 7.45. The number of hydrogen-bond donors (Lipinski definition) is 1. The highest BCUT2D eigenvalue weighted by Crippen LogP contribution is 2.14. The monoisotopic (exact) mass is 298 g/mol. The van der Waals surface area contributed by atoms with E-state index in [0.717, 1.165) is 10.9 Å². The summed E-state index contributed by atoms with van der Waals surface area (Å²) in [6.45, 7) is 2.25. The van der Waals surface area contributed by atoms with Crippen LogP contribution in [0, 0.1) is 0 Å². The second-order valence-corrected chi connectivity index (χ2v) is 5.47. The van der Waals surface area contributed by atoms with Crippen molar-refractivity contribution in [2.24, 2.45) is 0 Å². The van der Waals surface area contributed by atoms with Crippen LogP contribution in [-0.4, -0.2) is 18.1 Å². The van der Waals surface area contributed by atoms with Gasteiger partial charge >= 0.3 is 0 Å². The van der Waals surface area contributed by atoms with Gasteiger partial charge in [-0.05, 0) is 47.4 Å². The molecule has 0 bridgehead atoms.